The molecule has 0 fully saturated rings. The Balaban J connectivity index is 1.61. The molecule has 1 aromatic heterocycles. The number of aryl methyl sites for hydroxylation is 1. The van der Waals surface area contributed by atoms with E-state index in [-0.39, 0.29) is 0 Å². The minimum absolute atomic E-state index is 0.535. The quantitative estimate of drug-likeness (QED) is 0.787. The molecule has 2 aliphatic rings. The van der Waals surface area contributed by atoms with Crippen LogP contribution in [-0.2, 0) is 6.42 Å². The normalized spacial score (nSPS) is 28.0. The van der Waals surface area contributed by atoms with Crippen molar-refractivity contribution in [2.45, 2.75) is 57.0 Å². The molecule has 1 N–H and O–H groups in total. The maximum Gasteiger partial charge on any atom is 0.0336 e. The van der Waals surface area contributed by atoms with E-state index in [2.05, 4.69) is 48.0 Å². The summed E-state index contributed by atoms with van der Waals surface area (Å²) >= 11 is 1.94. The average Bonchev–Trinajstić information content (AvgIpc) is 3.00. The van der Waals surface area contributed by atoms with Crippen LogP contribution in [-0.4, -0.2) is 0 Å². The van der Waals surface area contributed by atoms with E-state index in [1.807, 2.05) is 11.3 Å². The Kier molecular flexibility index (Phi) is 3.60. The molecule has 1 aromatic carbocycles. The fourth-order valence-electron chi connectivity index (χ4n) is 4.08. The number of hydrogen-bond donors (Lipinski definition) is 1. The molecule has 3 atom stereocenters. The lowest BCUT2D eigenvalue weighted by Gasteiger charge is -2.34. The molecule has 1 nitrogen and oxygen atoms in total. The van der Waals surface area contributed by atoms with Crippen molar-refractivity contribution in [3.63, 3.8) is 0 Å². The van der Waals surface area contributed by atoms with Gasteiger partial charge in [0, 0.05) is 17.0 Å². The predicted molar refractivity (Wildman–Crippen MR) is 90.0 cm³/mol. The average molecular weight is 297 g/mol. The monoisotopic (exact) mass is 297 g/mol. The molecule has 4 rings (SSSR count). The van der Waals surface area contributed by atoms with Crippen molar-refractivity contribution in [1.82, 2.24) is 5.32 Å². The largest absolute Gasteiger partial charge is 0.303 e. The number of nitrogens with one attached hydrogen (secondary N) is 1. The Morgan fingerprint density at radius 1 is 0.952 bits per heavy atom. The molecule has 2 aromatic rings. The second kappa shape index (κ2) is 5.58. The Labute approximate surface area is 131 Å². The van der Waals surface area contributed by atoms with Crippen LogP contribution >= 0.6 is 11.3 Å². The standard InChI is InChI=1S/C19H23NS/c1-13-9-10-18(15-6-3-2-5-14(13)15)20-17-7-4-8-19-16(17)11-12-21-19/h2-3,5-6,11-13,17-18,20H,4,7-10H2,1H3. The van der Waals surface area contributed by atoms with Gasteiger partial charge < -0.3 is 5.32 Å². The summed E-state index contributed by atoms with van der Waals surface area (Å²) in [4.78, 5) is 1.61. The van der Waals surface area contributed by atoms with Gasteiger partial charge >= 0.3 is 0 Å². The van der Waals surface area contributed by atoms with Crippen LogP contribution in [0.2, 0.25) is 0 Å². The lowest BCUT2D eigenvalue weighted by atomic mass is 9.80. The summed E-state index contributed by atoms with van der Waals surface area (Å²) < 4.78 is 0. The Bertz CT molecular complexity index is 630. The minimum atomic E-state index is 0.535. The molecular weight excluding hydrogens is 274 g/mol. The smallest absolute Gasteiger partial charge is 0.0336 e. The van der Waals surface area contributed by atoms with Gasteiger partial charge in [-0.15, -0.1) is 11.3 Å². The van der Waals surface area contributed by atoms with E-state index >= 15 is 0 Å². The molecule has 0 saturated heterocycles. The van der Waals surface area contributed by atoms with Gasteiger partial charge in [-0.2, -0.15) is 0 Å². The highest BCUT2D eigenvalue weighted by molar-refractivity contribution is 7.10. The zero-order valence-corrected chi connectivity index (χ0v) is 13.5. The maximum atomic E-state index is 3.98. The van der Waals surface area contributed by atoms with Crippen LogP contribution < -0.4 is 5.32 Å². The van der Waals surface area contributed by atoms with Gasteiger partial charge in [0.05, 0.1) is 0 Å². The molecule has 0 radical (unpaired) electrons. The van der Waals surface area contributed by atoms with Gasteiger partial charge in [0.25, 0.3) is 0 Å². The Hall–Kier alpha value is -1.12. The van der Waals surface area contributed by atoms with E-state index in [1.54, 1.807) is 21.6 Å². The van der Waals surface area contributed by atoms with Crippen LogP contribution in [0, 0.1) is 0 Å². The fraction of sp³-hybridized carbons (Fsp3) is 0.474. The maximum absolute atomic E-state index is 3.98. The van der Waals surface area contributed by atoms with Crippen molar-refractivity contribution in [3.8, 4) is 0 Å². The number of hydrogen-bond acceptors (Lipinski definition) is 2. The first kappa shape index (κ1) is 13.5. The van der Waals surface area contributed by atoms with Crippen LogP contribution in [0.1, 0.15) is 72.2 Å². The summed E-state index contributed by atoms with van der Waals surface area (Å²) in [5.41, 5.74) is 4.67. The molecule has 0 bridgehead atoms. The molecule has 110 valence electrons. The SMILES string of the molecule is CC1CCC(NC2CCCc3sccc32)c2ccccc21. The molecule has 2 heteroatoms. The molecule has 1 heterocycles. The van der Waals surface area contributed by atoms with Crippen LogP contribution in [0.25, 0.3) is 0 Å². The number of fused-ring (bicyclic) bond motifs is 2. The summed E-state index contributed by atoms with van der Waals surface area (Å²) in [5, 5.41) is 6.25. The summed E-state index contributed by atoms with van der Waals surface area (Å²) in [5.74, 6) is 0.710. The molecule has 0 saturated carbocycles. The molecule has 0 spiro atoms. The van der Waals surface area contributed by atoms with Crippen LogP contribution in [0.15, 0.2) is 35.7 Å². The first-order valence-corrected chi connectivity index (χ1v) is 9.12. The third kappa shape index (κ3) is 2.45. The molecule has 2 aliphatic carbocycles. The highest BCUT2D eigenvalue weighted by Gasteiger charge is 2.28. The van der Waals surface area contributed by atoms with Gasteiger partial charge in [-0.3, -0.25) is 0 Å². The van der Waals surface area contributed by atoms with Crippen molar-refractivity contribution in [3.05, 3.63) is 57.3 Å². The lowest BCUT2D eigenvalue weighted by molar-refractivity contribution is 0.359. The topological polar surface area (TPSA) is 12.0 Å². The number of thiophene rings is 1. The Morgan fingerprint density at radius 3 is 2.67 bits per heavy atom. The zero-order valence-electron chi connectivity index (χ0n) is 12.6. The summed E-state index contributed by atoms with van der Waals surface area (Å²) in [6.07, 6.45) is 6.48. The van der Waals surface area contributed by atoms with Crippen LogP contribution in [0.5, 0.6) is 0 Å². The van der Waals surface area contributed by atoms with Crippen molar-refractivity contribution in [2.75, 3.05) is 0 Å². The highest BCUT2D eigenvalue weighted by atomic mass is 32.1. The highest BCUT2D eigenvalue weighted by Crippen LogP contribution is 2.40. The van der Waals surface area contributed by atoms with E-state index in [1.165, 1.54) is 32.1 Å². The predicted octanol–water partition coefficient (Wildman–Crippen LogP) is 5.35. The van der Waals surface area contributed by atoms with Crippen molar-refractivity contribution in [2.24, 2.45) is 0 Å². The fourth-order valence-corrected chi connectivity index (χ4v) is 5.07. The molecule has 0 aliphatic heterocycles. The first-order chi connectivity index (χ1) is 10.3. The Morgan fingerprint density at radius 2 is 1.76 bits per heavy atom. The van der Waals surface area contributed by atoms with E-state index in [0.717, 1.165) is 0 Å². The van der Waals surface area contributed by atoms with Crippen LogP contribution in [0.4, 0.5) is 0 Å². The molecular formula is C19H23NS. The summed E-state index contributed by atoms with van der Waals surface area (Å²) in [7, 11) is 0. The van der Waals surface area contributed by atoms with Crippen LogP contribution in [0.3, 0.4) is 0 Å². The first-order valence-electron chi connectivity index (χ1n) is 8.24. The second-order valence-corrected chi connectivity index (χ2v) is 7.57. The van der Waals surface area contributed by atoms with Gasteiger partial charge in [0.15, 0.2) is 0 Å². The van der Waals surface area contributed by atoms with E-state index in [0.29, 0.717) is 18.0 Å². The van der Waals surface area contributed by atoms with Crippen molar-refractivity contribution >= 4 is 11.3 Å². The van der Waals surface area contributed by atoms with Gasteiger partial charge in [-0.05, 0) is 66.2 Å². The molecule has 21 heavy (non-hydrogen) atoms. The second-order valence-electron chi connectivity index (χ2n) is 6.57. The summed E-state index contributed by atoms with van der Waals surface area (Å²) in [6.45, 7) is 2.37. The summed E-state index contributed by atoms with van der Waals surface area (Å²) in [6, 6.07) is 12.5. The van der Waals surface area contributed by atoms with Gasteiger partial charge in [0.2, 0.25) is 0 Å². The van der Waals surface area contributed by atoms with Gasteiger partial charge in [0.1, 0.15) is 0 Å². The number of rotatable bonds is 2. The van der Waals surface area contributed by atoms with Gasteiger partial charge in [-0.25, -0.2) is 0 Å². The minimum Gasteiger partial charge on any atom is -0.303 e. The van der Waals surface area contributed by atoms with E-state index in [9.17, 15) is 0 Å². The number of benzene rings is 1. The molecule has 0 amide bonds. The van der Waals surface area contributed by atoms with E-state index in [4.69, 9.17) is 0 Å². The zero-order chi connectivity index (χ0) is 14.2. The third-order valence-electron chi connectivity index (χ3n) is 5.24. The molecule has 3 unspecified atom stereocenters. The van der Waals surface area contributed by atoms with Crippen molar-refractivity contribution < 1.29 is 0 Å². The third-order valence-corrected chi connectivity index (χ3v) is 6.24. The van der Waals surface area contributed by atoms with E-state index < -0.39 is 0 Å². The van der Waals surface area contributed by atoms with Crippen molar-refractivity contribution in [1.29, 1.82) is 0 Å². The van der Waals surface area contributed by atoms with Gasteiger partial charge in [-0.1, -0.05) is 31.2 Å². The lowest BCUT2D eigenvalue weighted by Crippen LogP contribution is -2.31.